The molecule has 0 aliphatic heterocycles. The molecule has 30 heavy (non-hydrogen) atoms. The minimum atomic E-state index is -4.51. The van der Waals surface area contributed by atoms with Gasteiger partial charge in [-0.1, -0.05) is 29.8 Å². The Kier molecular flexibility index (Phi) is 6.02. The second-order valence-electron chi connectivity index (χ2n) is 6.25. The lowest BCUT2D eigenvalue weighted by molar-refractivity contribution is 0.555. The predicted molar refractivity (Wildman–Crippen MR) is 111 cm³/mol. The summed E-state index contributed by atoms with van der Waals surface area (Å²) in [6, 6.07) is 11.9. The third-order valence-electron chi connectivity index (χ3n) is 4.03. The molecule has 0 saturated heterocycles. The Balaban J connectivity index is 1.97. The quantitative estimate of drug-likeness (QED) is 0.551. The van der Waals surface area contributed by atoms with Crippen LogP contribution in [0.1, 0.15) is 5.56 Å². The minimum absolute atomic E-state index is 0.145. The Labute approximate surface area is 177 Å². The van der Waals surface area contributed by atoms with Gasteiger partial charge in [0, 0.05) is 0 Å². The zero-order valence-corrected chi connectivity index (χ0v) is 17.7. The number of hydrogen-bond donors (Lipinski definition) is 2. The molecular weight excluding hydrogens is 458 g/mol. The van der Waals surface area contributed by atoms with Gasteiger partial charge in [0.2, 0.25) is 0 Å². The zero-order chi connectivity index (χ0) is 22.1. The van der Waals surface area contributed by atoms with E-state index in [4.69, 9.17) is 11.6 Å². The van der Waals surface area contributed by atoms with Crippen molar-refractivity contribution in [3.05, 3.63) is 82.9 Å². The van der Waals surface area contributed by atoms with Crippen LogP contribution in [-0.2, 0) is 20.0 Å². The Morgan fingerprint density at radius 3 is 2.17 bits per heavy atom. The molecule has 3 aromatic carbocycles. The number of anilines is 2. The number of aryl methyl sites for hydroxylation is 1. The molecular formula is C19H15ClF2N2O4S2. The summed E-state index contributed by atoms with van der Waals surface area (Å²) in [5.41, 5.74) is 0.324. The van der Waals surface area contributed by atoms with Gasteiger partial charge in [-0.05, 0) is 55.0 Å². The number of halogens is 3. The van der Waals surface area contributed by atoms with Gasteiger partial charge in [-0.3, -0.25) is 9.44 Å². The summed E-state index contributed by atoms with van der Waals surface area (Å²) in [6.45, 7) is 1.52. The summed E-state index contributed by atoms with van der Waals surface area (Å²) in [5.74, 6) is -2.09. The van der Waals surface area contributed by atoms with E-state index in [2.05, 4.69) is 9.44 Å². The summed E-state index contributed by atoms with van der Waals surface area (Å²) in [7, 11) is -8.64. The standard InChI is InChI=1S/C19H15ClF2N2O4S2/c1-12-6-8-14(23-30(27,28)19-10-13(21)7-9-16(19)22)11-18(12)29(25,26)24-17-5-3-2-4-15(17)20/h2-11,23-24H,1H3. The van der Waals surface area contributed by atoms with Crippen LogP contribution in [0.25, 0.3) is 0 Å². The normalized spacial score (nSPS) is 11.9. The number of hydrogen-bond acceptors (Lipinski definition) is 4. The molecule has 158 valence electrons. The highest BCUT2D eigenvalue weighted by molar-refractivity contribution is 7.93. The van der Waals surface area contributed by atoms with Crippen molar-refractivity contribution in [3.8, 4) is 0 Å². The number of rotatable bonds is 6. The highest BCUT2D eigenvalue weighted by Gasteiger charge is 2.23. The molecule has 11 heteroatoms. The summed E-state index contributed by atoms with van der Waals surface area (Å²) in [6.07, 6.45) is 0. The topological polar surface area (TPSA) is 92.3 Å². The number of benzene rings is 3. The lowest BCUT2D eigenvalue weighted by Gasteiger charge is -2.14. The third kappa shape index (κ3) is 4.72. The largest absolute Gasteiger partial charge is 0.279 e. The van der Waals surface area contributed by atoms with Crippen molar-refractivity contribution < 1.29 is 25.6 Å². The summed E-state index contributed by atoms with van der Waals surface area (Å²) >= 11 is 5.99. The average Bonchev–Trinajstić information content (AvgIpc) is 2.66. The van der Waals surface area contributed by atoms with Crippen molar-refractivity contribution in [3.63, 3.8) is 0 Å². The van der Waals surface area contributed by atoms with E-state index in [1.165, 1.54) is 31.2 Å². The first-order chi connectivity index (χ1) is 14.0. The van der Waals surface area contributed by atoms with E-state index in [-0.39, 0.29) is 21.3 Å². The van der Waals surface area contributed by atoms with Crippen molar-refractivity contribution in [2.24, 2.45) is 0 Å². The van der Waals surface area contributed by atoms with Crippen LogP contribution >= 0.6 is 11.6 Å². The molecule has 3 aromatic rings. The molecule has 0 unspecified atom stereocenters. The van der Waals surface area contributed by atoms with Gasteiger partial charge in [0.1, 0.15) is 16.5 Å². The average molecular weight is 473 g/mol. The SMILES string of the molecule is Cc1ccc(NS(=O)(=O)c2cc(F)ccc2F)cc1S(=O)(=O)Nc1ccccc1Cl. The lowest BCUT2D eigenvalue weighted by atomic mass is 10.2. The van der Waals surface area contributed by atoms with Crippen LogP contribution in [0.5, 0.6) is 0 Å². The Bertz CT molecular complexity index is 1330. The molecule has 0 atom stereocenters. The highest BCUT2D eigenvalue weighted by atomic mass is 35.5. The Hall–Kier alpha value is -2.69. The maximum Gasteiger partial charge on any atom is 0.264 e. The van der Waals surface area contributed by atoms with E-state index in [9.17, 15) is 25.6 Å². The van der Waals surface area contributed by atoms with Gasteiger partial charge < -0.3 is 0 Å². The second-order valence-corrected chi connectivity index (χ2v) is 9.95. The van der Waals surface area contributed by atoms with Crippen LogP contribution in [0.4, 0.5) is 20.2 Å². The van der Waals surface area contributed by atoms with E-state index >= 15 is 0 Å². The zero-order valence-electron chi connectivity index (χ0n) is 15.4. The second kappa shape index (κ2) is 8.21. The molecule has 0 heterocycles. The predicted octanol–water partition coefficient (Wildman–Crippen LogP) is 4.53. The van der Waals surface area contributed by atoms with Crippen LogP contribution in [-0.4, -0.2) is 16.8 Å². The number of sulfonamides is 2. The van der Waals surface area contributed by atoms with Gasteiger partial charge in [-0.25, -0.2) is 25.6 Å². The maximum absolute atomic E-state index is 13.9. The van der Waals surface area contributed by atoms with E-state index in [0.29, 0.717) is 17.7 Å². The fraction of sp³-hybridized carbons (Fsp3) is 0.0526. The molecule has 0 amide bonds. The summed E-state index contributed by atoms with van der Waals surface area (Å²) < 4.78 is 82.2. The highest BCUT2D eigenvalue weighted by Crippen LogP contribution is 2.28. The fourth-order valence-electron chi connectivity index (χ4n) is 2.59. The van der Waals surface area contributed by atoms with Gasteiger partial charge in [0.15, 0.2) is 0 Å². The Morgan fingerprint density at radius 1 is 0.800 bits per heavy atom. The Morgan fingerprint density at radius 2 is 1.47 bits per heavy atom. The van der Waals surface area contributed by atoms with Crippen LogP contribution in [0.15, 0.2) is 70.5 Å². The molecule has 0 aromatic heterocycles. The lowest BCUT2D eigenvalue weighted by Crippen LogP contribution is -2.17. The third-order valence-corrected chi connectivity index (χ3v) is 7.26. The first-order valence-electron chi connectivity index (χ1n) is 8.35. The van der Waals surface area contributed by atoms with Gasteiger partial charge in [0.05, 0.1) is 21.3 Å². The molecule has 2 N–H and O–H groups in total. The molecule has 0 aliphatic carbocycles. The summed E-state index contributed by atoms with van der Waals surface area (Å²) in [4.78, 5) is -1.12. The van der Waals surface area contributed by atoms with Crippen LogP contribution in [0.3, 0.4) is 0 Å². The van der Waals surface area contributed by atoms with E-state index in [0.717, 1.165) is 12.1 Å². The van der Waals surface area contributed by atoms with Crippen molar-refractivity contribution in [2.45, 2.75) is 16.7 Å². The van der Waals surface area contributed by atoms with Gasteiger partial charge in [-0.15, -0.1) is 0 Å². The summed E-state index contributed by atoms with van der Waals surface area (Å²) in [5, 5.41) is 0.178. The number of para-hydroxylation sites is 1. The monoisotopic (exact) mass is 472 g/mol. The smallest absolute Gasteiger partial charge is 0.264 e. The van der Waals surface area contributed by atoms with Gasteiger partial charge in [-0.2, -0.15) is 0 Å². The molecule has 0 bridgehead atoms. The first-order valence-corrected chi connectivity index (χ1v) is 11.7. The number of nitrogens with one attached hydrogen (secondary N) is 2. The van der Waals surface area contributed by atoms with Crippen LogP contribution < -0.4 is 9.44 Å². The molecule has 0 saturated carbocycles. The minimum Gasteiger partial charge on any atom is -0.279 e. The van der Waals surface area contributed by atoms with Crippen LogP contribution in [0.2, 0.25) is 5.02 Å². The maximum atomic E-state index is 13.9. The molecule has 0 aliphatic rings. The molecule has 6 nitrogen and oxygen atoms in total. The van der Waals surface area contributed by atoms with Crippen molar-refractivity contribution in [1.29, 1.82) is 0 Å². The van der Waals surface area contributed by atoms with Crippen molar-refractivity contribution >= 4 is 43.0 Å². The van der Waals surface area contributed by atoms with Crippen LogP contribution in [0, 0.1) is 18.6 Å². The van der Waals surface area contributed by atoms with E-state index < -0.39 is 36.6 Å². The first kappa shape index (κ1) is 22.0. The molecule has 0 radical (unpaired) electrons. The van der Waals surface area contributed by atoms with Crippen molar-refractivity contribution in [1.82, 2.24) is 0 Å². The molecule has 0 spiro atoms. The fourth-order valence-corrected chi connectivity index (χ4v) is 5.32. The van der Waals surface area contributed by atoms with E-state index in [1.807, 2.05) is 0 Å². The van der Waals surface area contributed by atoms with Gasteiger partial charge >= 0.3 is 0 Å². The van der Waals surface area contributed by atoms with Crippen molar-refractivity contribution in [2.75, 3.05) is 9.44 Å². The molecule has 3 rings (SSSR count). The van der Waals surface area contributed by atoms with Gasteiger partial charge in [0.25, 0.3) is 20.0 Å². The molecule has 0 fully saturated rings. The van der Waals surface area contributed by atoms with E-state index in [1.54, 1.807) is 12.1 Å².